The van der Waals surface area contributed by atoms with E-state index >= 15 is 0 Å². The number of hydrogen-bond donors (Lipinski definition) is 3. The van der Waals surface area contributed by atoms with Gasteiger partial charge in [-0.2, -0.15) is 15.4 Å². The van der Waals surface area contributed by atoms with Crippen molar-refractivity contribution in [2.75, 3.05) is 5.32 Å². The number of nitrogens with zero attached hydrogens (tertiary/aromatic N) is 2. The number of aromatic amines is 1. The number of amides is 1. The fourth-order valence-electron chi connectivity index (χ4n) is 1.98. The molecule has 0 fully saturated rings. The van der Waals surface area contributed by atoms with Gasteiger partial charge in [0.15, 0.2) is 0 Å². The summed E-state index contributed by atoms with van der Waals surface area (Å²) in [5, 5.41) is 22.1. The first-order valence-electron chi connectivity index (χ1n) is 6.09. The lowest BCUT2D eigenvalue weighted by atomic mass is 10.1. The van der Waals surface area contributed by atoms with Gasteiger partial charge in [-0.1, -0.05) is 12.1 Å². The van der Waals surface area contributed by atoms with Crippen LogP contribution in [-0.4, -0.2) is 32.4 Å². The summed E-state index contributed by atoms with van der Waals surface area (Å²) in [4.78, 5) is 23.3. The van der Waals surface area contributed by atoms with Crippen LogP contribution >= 0.6 is 0 Å². The van der Waals surface area contributed by atoms with E-state index in [4.69, 9.17) is 5.11 Å². The van der Waals surface area contributed by atoms with Gasteiger partial charge >= 0.3 is 5.97 Å². The number of carboxylic acid groups (broad SMARTS) is 1. The molecular formula is C14H10N4O3. The molecule has 1 aromatic heterocycles. The highest BCUT2D eigenvalue weighted by Crippen LogP contribution is 2.17. The summed E-state index contributed by atoms with van der Waals surface area (Å²) in [6.07, 6.45) is 0. The quantitative estimate of drug-likeness (QED) is 0.680. The van der Waals surface area contributed by atoms with Crippen LogP contribution in [0.4, 0.5) is 5.69 Å². The second kappa shape index (κ2) is 5.04. The van der Waals surface area contributed by atoms with Gasteiger partial charge in [-0.25, -0.2) is 4.79 Å². The third kappa shape index (κ3) is 2.44. The van der Waals surface area contributed by atoms with Crippen LogP contribution in [0.1, 0.15) is 20.7 Å². The molecule has 0 unspecified atom stereocenters. The summed E-state index contributed by atoms with van der Waals surface area (Å²) in [6, 6.07) is 11.1. The molecule has 0 radical (unpaired) electrons. The maximum absolute atomic E-state index is 12.2. The lowest BCUT2D eigenvalue weighted by molar-refractivity contribution is 0.0692. The number of anilines is 1. The zero-order valence-electron chi connectivity index (χ0n) is 10.7. The van der Waals surface area contributed by atoms with Gasteiger partial charge in [0.2, 0.25) is 0 Å². The Labute approximate surface area is 118 Å². The topological polar surface area (TPSA) is 108 Å². The highest BCUT2D eigenvalue weighted by atomic mass is 16.4. The van der Waals surface area contributed by atoms with Crippen LogP contribution in [0.5, 0.6) is 0 Å². The molecule has 7 nitrogen and oxygen atoms in total. The van der Waals surface area contributed by atoms with E-state index in [0.29, 0.717) is 16.7 Å². The second-order valence-electron chi connectivity index (χ2n) is 4.33. The number of carbonyl (C=O) groups excluding carboxylic acids is 1. The van der Waals surface area contributed by atoms with Crippen LogP contribution in [0, 0.1) is 0 Å². The SMILES string of the molecule is O=C(O)c1ccccc1C(=O)Nc1ccc2n[nH]nc2c1. The molecule has 1 heterocycles. The summed E-state index contributed by atoms with van der Waals surface area (Å²) < 4.78 is 0. The zero-order chi connectivity index (χ0) is 14.8. The fourth-order valence-corrected chi connectivity index (χ4v) is 1.98. The molecule has 0 spiro atoms. The van der Waals surface area contributed by atoms with Crippen molar-refractivity contribution >= 4 is 28.6 Å². The molecule has 0 aliphatic heterocycles. The Morgan fingerprint density at radius 1 is 1.00 bits per heavy atom. The Bertz CT molecular complexity index is 841. The van der Waals surface area contributed by atoms with E-state index in [9.17, 15) is 9.59 Å². The van der Waals surface area contributed by atoms with Crippen molar-refractivity contribution in [2.45, 2.75) is 0 Å². The van der Waals surface area contributed by atoms with Crippen LogP contribution in [0.2, 0.25) is 0 Å². The van der Waals surface area contributed by atoms with Crippen molar-refractivity contribution < 1.29 is 14.7 Å². The average Bonchev–Trinajstić information content (AvgIpc) is 2.94. The third-order valence-electron chi connectivity index (χ3n) is 2.98. The number of nitrogens with one attached hydrogen (secondary N) is 2. The predicted octanol–water partition coefficient (Wildman–Crippen LogP) is 1.91. The van der Waals surface area contributed by atoms with Crippen molar-refractivity contribution in [1.82, 2.24) is 15.4 Å². The van der Waals surface area contributed by atoms with E-state index in [-0.39, 0.29) is 11.1 Å². The largest absolute Gasteiger partial charge is 0.478 e. The van der Waals surface area contributed by atoms with Crippen LogP contribution in [-0.2, 0) is 0 Å². The summed E-state index contributed by atoms with van der Waals surface area (Å²) in [5.41, 5.74) is 1.86. The lowest BCUT2D eigenvalue weighted by Crippen LogP contribution is -2.16. The first kappa shape index (κ1) is 12.8. The normalized spacial score (nSPS) is 10.5. The van der Waals surface area contributed by atoms with Crippen LogP contribution < -0.4 is 5.32 Å². The van der Waals surface area contributed by atoms with Crippen LogP contribution in [0.3, 0.4) is 0 Å². The van der Waals surface area contributed by atoms with Gasteiger partial charge in [-0.05, 0) is 30.3 Å². The first-order chi connectivity index (χ1) is 10.1. The highest BCUT2D eigenvalue weighted by molar-refractivity contribution is 6.11. The summed E-state index contributed by atoms with van der Waals surface area (Å²) in [7, 11) is 0. The van der Waals surface area contributed by atoms with Crippen molar-refractivity contribution in [3.63, 3.8) is 0 Å². The van der Waals surface area contributed by atoms with Crippen LogP contribution in [0.15, 0.2) is 42.5 Å². The molecular weight excluding hydrogens is 272 g/mol. The van der Waals surface area contributed by atoms with Crippen molar-refractivity contribution in [1.29, 1.82) is 0 Å². The maximum Gasteiger partial charge on any atom is 0.336 e. The number of rotatable bonds is 3. The molecule has 7 heteroatoms. The number of benzene rings is 2. The Balaban J connectivity index is 1.91. The molecule has 0 saturated carbocycles. The van der Waals surface area contributed by atoms with E-state index < -0.39 is 11.9 Å². The molecule has 104 valence electrons. The minimum atomic E-state index is -1.15. The molecule has 0 atom stereocenters. The Kier molecular flexibility index (Phi) is 3.07. The molecule has 0 aliphatic rings. The smallest absolute Gasteiger partial charge is 0.336 e. The number of aromatic carboxylic acids is 1. The Morgan fingerprint density at radius 2 is 1.71 bits per heavy atom. The average molecular weight is 282 g/mol. The molecule has 3 N–H and O–H groups in total. The molecule has 0 saturated heterocycles. The summed E-state index contributed by atoms with van der Waals surface area (Å²) in [5.74, 6) is -1.64. The van der Waals surface area contributed by atoms with E-state index in [1.165, 1.54) is 12.1 Å². The summed E-state index contributed by atoms with van der Waals surface area (Å²) in [6.45, 7) is 0. The van der Waals surface area contributed by atoms with Crippen molar-refractivity contribution in [2.24, 2.45) is 0 Å². The molecule has 21 heavy (non-hydrogen) atoms. The lowest BCUT2D eigenvalue weighted by Gasteiger charge is -2.07. The van der Waals surface area contributed by atoms with E-state index in [2.05, 4.69) is 20.7 Å². The van der Waals surface area contributed by atoms with Gasteiger partial charge in [0, 0.05) is 5.69 Å². The molecule has 0 bridgehead atoms. The Hall–Kier alpha value is -3.22. The van der Waals surface area contributed by atoms with E-state index in [1.807, 2.05) is 0 Å². The first-order valence-corrected chi connectivity index (χ1v) is 6.09. The molecule has 1 amide bonds. The molecule has 3 rings (SSSR count). The third-order valence-corrected chi connectivity index (χ3v) is 2.98. The van der Waals surface area contributed by atoms with E-state index in [0.717, 1.165) is 0 Å². The number of hydrogen-bond acceptors (Lipinski definition) is 4. The molecule has 3 aromatic rings. The number of carbonyl (C=O) groups is 2. The zero-order valence-corrected chi connectivity index (χ0v) is 10.7. The highest BCUT2D eigenvalue weighted by Gasteiger charge is 2.16. The molecule has 2 aromatic carbocycles. The minimum absolute atomic E-state index is 0.0440. The maximum atomic E-state index is 12.2. The van der Waals surface area contributed by atoms with E-state index in [1.54, 1.807) is 30.3 Å². The van der Waals surface area contributed by atoms with Gasteiger partial charge in [0.1, 0.15) is 11.0 Å². The number of fused-ring (bicyclic) bond motifs is 1. The second-order valence-corrected chi connectivity index (χ2v) is 4.33. The minimum Gasteiger partial charge on any atom is -0.478 e. The summed E-state index contributed by atoms with van der Waals surface area (Å²) >= 11 is 0. The Morgan fingerprint density at radius 3 is 2.48 bits per heavy atom. The van der Waals surface area contributed by atoms with Gasteiger partial charge < -0.3 is 10.4 Å². The van der Waals surface area contributed by atoms with Crippen molar-refractivity contribution in [3.05, 3.63) is 53.6 Å². The predicted molar refractivity (Wildman–Crippen MR) is 75.2 cm³/mol. The van der Waals surface area contributed by atoms with Gasteiger partial charge in [0.05, 0.1) is 11.1 Å². The van der Waals surface area contributed by atoms with Gasteiger partial charge in [-0.3, -0.25) is 4.79 Å². The fraction of sp³-hybridized carbons (Fsp3) is 0. The standard InChI is InChI=1S/C14H10N4O3/c19-13(9-3-1-2-4-10(9)14(20)21)15-8-5-6-11-12(7-8)17-18-16-11/h1-7H,(H,15,19)(H,20,21)(H,16,17,18). The van der Waals surface area contributed by atoms with Gasteiger partial charge in [0.25, 0.3) is 5.91 Å². The number of H-pyrrole nitrogens is 1. The number of aromatic nitrogens is 3. The monoisotopic (exact) mass is 282 g/mol. The van der Waals surface area contributed by atoms with Gasteiger partial charge in [-0.15, -0.1) is 0 Å². The molecule has 0 aliphatic carbocycles. The number of carboxylic acids is 1. The van der Waals surface area contributed by atoms with Crippen molar-refractivity contribution in [3.8, 4) is 0 Å². The van der Waals surface area contributed by atoms with Crippen LogP contribution in [0.25, 0.3) is 11.0 Å².